The molecule has 1 saturated carbocycles. The van der Waals surface area contributed by atoms with Gasteiger partial charge in [-0.3, -0.25) is 4.79 Å². The van der Waals surface area contributed by atoms with Crippen LogP contribution in [0.25, 0.3) is 17.3 Å². The summed E-state index contributed by atoms with van der Waals surface area (Å²) in [5, 5.41) is 4.81. The Balaban J connectivity index is 0.000000694. The van der Waals surface area contributed by atoms with Gasteiger partial charge in [0.15, 0.2) is 0 Å². The summed E-state index contributed by atoms with van der Waals surface area (Å²) in [6.07, 6.45) is 17.2. The molecule has 0 spiro atoms. The van der Waals surface area contributed by atoms with E-state index in [9.17, 15) is 9.18 Å². The van der Waals surface area contributed by atoms with Crippen LogP contribution in [-0.2, 0) is 10.2 Å². The summed E-state index contributed by atoms with van der Waals surface area (Å²) in [6, 6.07) is 6.64. The van der Waals surface area contributed by atoms with E-state index in [4.69, 9.17) is 4.98 Å². The Hall–Kier alpha value is -3.67. The second-order valence-corrected chi connectivity index (χ2v) is 14.5. The molecule has 1 fully saturated rings. The van der Waals surface area contributed by atoms with E-state index in [0.717, 1.165) is 64.0 Å². The van der Waals surface area contributed by atoms with E-state index in [-0.39, 0.29) is 18.0 Å². The van der Waals surface area contributed by atoms with Gasteiger partial charge in [0, 0.05) is 23.5 Å². The van der Waals surface area contributed by atoms with Gasteiger partial charge >= 0.3 is 0 Å². The topological polar surface area (TPSA) is 50.2 Å². The lowest BCUT2D eigenvalue weighted by Gasteiger charge is -2.41. The molecule has 0 radical (unpaired) electrons. The summed E-state index contributed by atoms with van der Waals surface area (Å²) in [4.78, 5) is 20.3. The predicted molar refractivity (Wildman–Crippen MR) is 203 cm³/mol. The second-order valence-electron chi connectivity index (χ2n) is 14.5. The minimum atomic E-state index is -0.546. The predicted octanol–water partition coefficient (Wildman–Crippen LogP) is 9.65. The van der Waals surface area contributed by atoms with Crippen molar-refractivity contribution in [2.45, 2.75) is 132 Å². The standard InChI is InChI=1S/C34H43FN4O.C8H18/c1-10-13-29(28(35)12-3)37-23(7)32-30(36-20-38(32)21(4)5)16-22(6)25-14-15-27-31(19-25)39(33(40)34(27,8)9)26-17-24(11-2)18-26;1-4-6-7-8(3)5-2/h10,12-16,19-21,24,26,37H,3,6,11,17-18H2,1-2,4-5,7-9H3;8H,4-7H2,1-3H3/b13-10-,29-28-,30-16+,32-23-;. The van der Waals surface area contributed by atoms with Crippen molar-refractivity contribution in [2.75, 3.05) is 4.90 Å². The molecule has 1 aliphatic heterocycles. The third-order valence-electron chi connectivity index (χ3n) is 10.1. The van der Waals surface area contributed by atoms with E-state index in [1.807, 2.05) is 44.7 Å². The Morgan fingerprint density at radius 3 is 2.44 bits per heavy atom. The largest absolute Gasteiger partial charge is 0.355 e. The number of hydrogen-bond acceptors (Lipinski definition) is 3. The number of aromatic nitrogens is 2. The van der Waals surface area contributed by atoms with Gasteiger partial charge in [0.05, 0.1) is 28.1 Å². The van der Waals surface area contributed by atoms with Crippen molar-refractivity contribution in [1.82, 2.24) is 14.9 Å². The number of imidazole rings is 1. The number of rotatable bonds is 13. The first-order valence-electron chi connectivity index (χ1n) is 18.1. The molecule has 1 unspecified atom stereocenters. The van der Waals surface area contributed by atoms with E-state index >= 15 is 0 Å². The summed E-state index contributed by atoms with van der Waals surface area (Å²) in [5.41, 5.74) is 4.37. The first kappa shape index (κ1) is 38.8. The molecule has 1 aromatic heterocycles. The lowest BCUT2D eigenvalue weighted by atomic mass is 9.77. The highest BCUT2D eigenvalue weighted by molar-refractivity contribution is 6.08. The summed E-state index contributed by atoms with van der Waals surface area (Å²) in [5.74, 6) is 1.40. The van der Waals surface area contributed by atoms with E-state index in [0.29, 0.717) is 11.6 Å². The first-order valence-corrected chi connectivity index (χ1v) is 18.1. The lowest BCUT2D eigenvalue weighted by Crippen LogP contribution is -2.49. The molecule has 2 heterocycles. The molecule has 0 saturated heterocycles. The molecular formula is C42H61FN4O. The highest BCUT2D eigenvalue weighted by Gasteiger charge is 2.48. The van der Waals surface area contributed by atoms with Gasteiger partial charge in [0.1, 0.15) is 5.83 Å². The second kappa shape index (κ2) is 17.1. The third kappa shape index (κ3) is 8.67. The molecule has 1 aromatic carbocycles. The Morgan fingerprint density at radius 2 is 1.88 bits per heavy atom. The number of allylic oxidation sites excluding steroid dienone is 5. The Labute approximate surface area is 290 Å². The molecular weight excluding hydrogens is 595 g/mol. The number of nitrogens with zero attached hydrogens (tertiary/aromatic N) is 3. The van der Waals surface area contributed by atoms with Crippen LogP contribution in [0, 0.1) is 11.8 Å². The zero-order valence-corrected chi connectivity index (χ0v) is 31.4. The van der Waals surface area contributed by atoms with E-state index in [1.54, 1.807) is 18.5 Å². The Bertz CT molecular complexity index is 1630. The Kier molecular flexibility index (Phi) is 13.8. The quantitative estimate of drug-likeness (QED) is 0.219. The monoisotopic (exact) mass is 656 g/mol. The van der Waals surface area contributed by atoms with Crippen LogP contribution < -0.4 is 20.9 Å². The van der Waals surface area contributed by atoms with E-state index in [2.05, 4.69) is 76.7 Å². The zero-order chi connectivity index (χ0) is 35.8. The molecule has 1 aliphatic carbocycles. The molecule has 4 rings (SSSR count). The minimum absolute atomic E-state index is 0.143. The van der Waals surface area contributed by atoms with Crippen LogP contribution in [0.5, 0.6) is 0 Å². The number of hydrogen-bond donors (Lipinski definition) is 1. The van der Waals surface area contributed by atoms with Gasteiger partial charge in [-0.25, -0.2) is 9.37 Å². The SMILES string of the molecule is C=C/C(F)=C(\C=C/C)N/C(C)=c1/c(=C\C(=C)c2ccc3c(c2)N(C2CC(CC)C2)C(=O)C3(C)C)ncn1C(C)C.CCCCC(C)CC. The first-order chi connectivity index (χ1) is 22.7. The molecule has 2 aromatic rings. The Morgan fingerprint density at radius 1 is 1.19 bits per heavy atom. The summed E-state index contributed by atoms with van der Waals surface area (Å²) in [7, 11) is 0. The number of benzene rings is 1. The fourth-order valence-electron chi connectivity index (χ4n) is 6.57. The number of fused-ring (bicyclic) bond motifs is 1. The van der Waals surface area contributed by atoms with Gasteiger partial charge in [-0.15, -0.1) is 0 Å². The molecule has 1 N–H and O–H groups in total. The van der Waals surface area contributed by atoms with Crippen LogP contribution in [0.3, 0.4) is 0 Å². The normalized spacial score (nSPS) is 20.5. The molecule has 48 heavy (non-hydrogen) atoms. The lowest BCUT2D eigenvalue weighted by molar-refractivity contribution is -0.123. The maximum absolute atomic E-state index is 14.5. The summed E-state index contributed by atoms with van der Waals surface area (Å²) in [6.45, 7) is 29.0. The van der Waals surface area contributed by atoms with E-state index in [1.165, 1.54) is 31.8 Å². The van der Waals surface area contributed by atoms with Crippen molar-refractivity contribution < 1.29 is 9.18 Å². The number of carbonyl (C=O) groups excluding carboxylic acids is 1. The average molecular weight is 657 g/mol. The molecule has 1 atom stereocenters. The van der Waals surface area contributed by atoms with Gasteiger partial charge < -0.3 is 14.8 Å². The molecule has 2 aliphatic rings. The van der Waals surface area contributed by atoms with Crippen LogP contribution in [0.1, 0.15) is 131 Å². The fourth-order valence-corrected chi connectivity index (χ4v) is 6.57. The molecule has 5 nitrogen and oxygen atoms in total. The van der Waals surface area contributed by atoms with Crippen LogP contribution in [-0.4, -0.2) is 21.5 Å². The zero-order valence-electron chi connectivity index (χ0n) is 31.4. The molecule has 0 bridgehead atoms. The summed E-state index contributed by atoms with van der Waals surface area (Å²) >= 11 is 0. The number of unbranched alkanes of at least 4 members (excludes halogenated alkanes) is 1. The van der Waals surface area contributed by atoms with Gasteiger partial charge in [-0.05, 0) is 107 Å². The number of nitrogens with one attached hydrogen (secondary N) is 1. The smallest absolute Gasteiger partial charge is 0.237 e. The number of amides is 1. The van der Waals surface area contributed by atoms with Gasteiger partial charge in [0.2, 0.25) is 5.91 Å². The number of anilines is 1. The highest BCUT2D eigenvalue weighted by Crippen LogP contribution is 2.48. The van der Waals surface area contributed by atoms with Crippen molar-refractivity contribution in [3.8, 4) is 0 Å². The van der Waals surface area contributed by atoms with Crippen LogP contribution >= 0.6 is 0 Å². The van der Waals surface area contributed by atoms with Gasteiger partial charge in [-0.2, -0.15) is 0 Å². The summed E-state index contributed by atoms with van der Waals surface area (Å²) < 4.78 is 16.6. The average Bonchev–Trinajstić information content (AvgIpc) is 3.55. The molecule has 6 heteroatoms. The van der Waals surface area contributed by atoms with Crippen LogP contribution in [0.15, 0.2) is 67.4 Å². The van der Waals surface area contributed by atoms with Crippen molar-refractivity contribution in [3.05, 3.63) is 89.3 Å². The van der Waals surface area contributed by atoms with Crippen molar-refractivity contribution in [3.63, 3.8) is 0 Å². The van der Waals surface area contributed by atoms with Crippen molar-refractivity contribution >= 4 is 28.9 Å². The minimum Gasteiger partial charge on any atom is -0.355 e. The molecule has 1 amide bonds. The number of halogens is 1. The third-order valence-corrected chi connectivity index (χ3v) is 10.1. The van der Waals surface area contributed by atoms with Gasteiger partial charge in [-0.1, -0.05) is 91.2 Å². The van der Waals surface area contributed by atoms with Crippen LogP contribution in [0.2, 0.25) is 0 Å². The highest BCUT2D eigenvalue weighted by atomic mass is 19.1. The number of carbonyl (C=O) groups is 1. The van der Waals surface area contributed by atoms with Crippen molar-refractivity contribution in [2.24, 2.45) is 11.8 Å². The molecule has 262 valence electrons. The van der Waals surface area contributed by atoms with Gasteiger partial charge in [0.25, 0.3) is 0 Å². The fraction of sp³-hybridized carbons (Fsp3) is 0.524. The maximum Gasteiger partial charge on any atom is 0.237 e. The van der Waals surface area contributed by atoms with Crippen LogP contribution in [0.4, 0.5) is 10.1 Å². The van der Waals surface area contributed by atoms with Crippen molar-refractivity contribution in [1.29, 1.82) is 0 Å². The maximum atomic E-state index is 14.5. The van der Waals surface area contributed by atoms with E-state index < -0.39 is 11.2 Å².